The van der Waals surface area contributed by atoms with Crippen molar-refractivity contribution in [2.24, 2.45) is 0 Å². The molecule has 0 amide bonds. The van der Waals surface area contributed by atoms with E-state index in [9.17, 15) is 0 Å². The minimum Gasteiger partial charge on any atom is -0.455 e. The van der Waals surface area contributed by atoms with E-state index in [1.165, 1.54) is 55.2 Å². The first-order valence-corrected chi connectivity index (χ1v) is 16.5. The molecule has 1 atom stereocenters. The van der Waals surface area contributed by atoms with Gasteiger partial charge in [0.2, 0.25) is 5.69 Å². The Balaban J connectivity index is 1.24. The van der Waals surface area contributed by atoms with E-state index >= 15 is 0 Å². The van der Waals surface area contributed by atoms with Crippen LogP contribution >= 0.6 is 0 Å². The van der Waals surface area contributed by atoms with Gasteiger partial charge in [0.15, 0.2) is 23.1 Å². The van der Waals surface area contributed by atoms with Crippen molar-refractivity contribution >= 4 is 21.5 Å². The summed E-state index contributed by atoms with van der Waals surface area (Å²) in [4.78, 5) is 0. The number of fused-ring (bicyclic) bond motifs is 5. The first-order valence-electron chi connectivity index (χ1n) is 16.5. The van der Waals surface area contributed by atoms with Gasteiger partial charge >= 0.3 is 11.5 Å². The first kappa shape index (κ1) is 25.9. The Bertz CT molecular complexity index is 2700. The quantitative estimate of drug-likeness (QED) is 0.181. The van der Waals surface area contributed by atoms with Crippen molar-refractivity contribution in [3.05, 3.63) is 162 Å². The molecule has 0 aliphatic carbocycles. The third-order valence-corrected chi connectivity index (χ3v) is 10.7. The maximum atomic E-state index is 6.64. The Morgan fingerprint density at radius 3 is 2.02 bits per heavy atom. The molecular weight excluding hydrogens is 590 g/mol. The molecule has 0 bridgehead atoms. The van der Waals surface area contributed by atoms with Crippen LogP contribution in [0.5, 0.6) is 23.1 Å². The van der Waals surface area contributed by atoms with E-state index in [0.717, 1.165) is 39.9 Å². The zero-order valence-corrected chi connectivity index (χ0v) is 26.4. The summed E-state index contributed by atoms with van der Waals surface area (Å²) in [6.07, 6.45) is 2.14. The van der Waals surface area contributed by atoms with Crippen LogP contribution in [0.1, 0.15) is 22.5 Å². The molecular formula is C43H29N3O2+2. The molecule has 5 heteroatoms. The van der Waals surface area contributed by atoms with Gasteiger partial charge in [0.05, 0.1) is 17.3 Å². The predicted octanol–water partition coefficient (Wildman–Crippen LogP) is 9.13. The van der Waals surface area contributed by atoms with E-state index in [4.69, 9.17) is 9.47 Å². The Morgan fingerprint density at radius 2 is 1.17 bits per heavy atom. The molecule has 0 N–H and O–H groups in total. The fraction of sp³-hybridized carbons (Fsp3) is 0.0698. The largest absolute Gasteiger partial charge is 0.455 e. The van der Waals surface area contributed by atoms with Crippen LogP contribution in [0.3, 0.4) is 0 Å². The summed E-state index contributed by atoms with van der Waals surface area (Å²) in [6.45, 7) is 4.52. The predicted molar refractivity (Wildman–Crippen MR) is 186 cm³/mol. The normalized spacial score (nSPS) is 16.1. The lowest BCUT2D eigenvalue weighted by Crippen LogP contribution is -2.76. The van der Waals surface area contributed by atoms with Gasteiger partial charge < -0.3 is 9.47 Å². The highest BCUT2D eigenvalue weighted by Crippen LogP contribution is 2.56. The topological polar surface area (TPSA) is 31.1 Å². The molecule has 48 heavy (non-hydrogen) atoms. The monoisotopic (exact) mass is 619 g/mol. The molecule has 0 saturated heterocycles. The highest BCUT2D eigenvalue weighted by Gasteiger charge is 2.72. The number of hydrogen-bond donors (Lipinski definition) is 0. The van der Waals surface area contributed by atoms with E-state index in [1.807, 2.05) is 12.1 Å². The van der Waals surface area contributed by atoms with Gasteiger partial charge in [-0.2, -0.15) is 0 Å². The van der Waals surface area contributed by atoms with Crippen molar-refractivity contribution in [1.29, 1.82) is 0 Å². The minimum atomic E-state index is -0.739. The number of nitrogens with zero attached hydrogens (tertiary/aromatic N) is 3. The van der Waals surface area contributed by atoms with Crippen molar-refractivity contribution < 1.29 is 18.7 Å². The smallest absolute Gasteiger partial charge is 0.452 e. The molecule has 1 spiro atoms. The molecule has 3 aliphatic heterocycles. The van der Waals surface area contributed by atoms with Crippen molar-refractivity contribution in [3.63, 3.8) is 0 Å². The highest BCUT2D eigenvalue weighted by molar-refractivity contribution is 6.09. The molecule has 6 aromatic carbocycles. The Hall–Kier alpha value is -6.20. The van der Waals surface area contributed by atoms with E-state index < -0.39 is 5.66 Å². The zero-order valence-electron chi connectivity index (χ0n) is 26.4. The fourth-order valence-electron chi connectivity index (χ4n) is 8.90. The molecule has 226 valence electrons. The van der Waals surface area contributed by atoms with Crippen LogP contribution in [0.25, 0.3) is 49.5 Å². The van der Waals surface area contributed by atoms with Gasteiger partial charge in [-0.3, -0.25) is 0 Å². The van der Waals surface area contributed by atoms with Gasteiger partial charge in [-0.05, 0) is 80.2 Å². The van der Waals surface area contributed by atoms with E-state index in [1.54, 1.807) is 0 Å². The van der Waals surface area contributed by atoms with Gasteiger partial charge in [0.1, 0.15) is 17.2 Å². The lowest BCUT2D eigenvalue weighted by atomic mass is 9.84. The second kappa shape index (κ2) is 8.99. The first-order chi connectivity index (χ1) is 23.7. The Morgan fingerprint density at radius 1 is 0.542 bits per heavy atom. The SMILES string of the molecule is Cc1c(-c2ccc(-c3cccc4ccccc34)c3ccccc23)c(C)[n+]2n1-c1cccc3c1C21c2c(cccc2Oc2cccc[n+]21)O3. The summed E-state index contributed by atoms with van der Waals surface area (Å²) in [6, 6.07) is 47.5. The molecule has 1 unspecified atom stereocenters. The van der Waals surface area contributed by atoms with Gasteiger partial charge in [-0.15, -0.1) is 4.68 Å². The Kier molecular flexibility index (Phi) is 4.86. The number of benzene rings is 6. The van der Waals surface area contributed by atoms with Crippen LogP contribution in [0.2, 0.25) is 0 Å². The lowest BCUT2D eigenvalue weighted by Gasteiger charge is -2.31. The second-order valence-electron chi connectivity index (χ2n) is 13.0. The molecule has 0 saturated carbocycles. The van der Waals surface area contributed by atoms with E-state index in [0.29, 0.717) is 0 Å². The van der Waals surface area contributed by atoms with Crippen LogP contribution in [0.15, 0.2) is 140 Å². The van der Waals surface area contributed by atoms with Crippen LogP contribution in [0.4, 0.5) is 0 Å². The minimum absolute atomic E-state index is 0.739. The molecule has 2 aromatic heterocycles. The number of hydrogen-bond acceptors (Lipinski definition) is 2. The average molecular weight is 620 g/mol. The Labute approximate surface area is 277 Å². The van der Waals surface area contributed by atoms with Crippen LogP contribution in [0, 0.1) is 13.8 Å². The molecule has 11 rings (SSSR count). The maximum Gasteiger partial charge on any atom is 0.452 e. The molecule has 0 fully saturated rings. The number of ether oxygens (including phenoxy) is 2. The fourth-order valence-corrected chi connectivity index (χ4v) is 8.90. The van der Waals surface area contributed by atoms with Crippen molar-refractivity contribution in [2.45, 2.75) is 19.5 Å². The number of aromatic nitrogens is 3. The molecule has 5 nitrogen and oxygen atoms in total. The van der Waals surface area contributed by atoms with Crippen LogP contribution in [-0.4, -0.2) is 4.68 Å². The third kappa shape index (κ3) is 2.98. The van der Waals surface area contributed by atoms with E-state index in [-0.39, 0.29) is 0 Å². The number of pyridine rings is 1. The van der Waals surface area contributed by atoms with Crippen molar-refractivity contribution in [3.8, 4) is 51.1 Å². The number of rotatable bonds is 2. The summed E-state index contributed by atoms with van der Waals surface area (Å²) < 4.78 is 20.4. The molecule has 8 aromatic rings. The van der Waals surface area contributed by atoms with E-state index in [2.05, 4.69) is 155 Å². The molecule has 0 radical (unpaired) electrons. The van der Waals surface area contributed by atoms with Gasteiger partial charge in [-0.1, -0.05) is 95.6 Å². The van der Waals surface area contributed by atoms with Crippen LogP contribution in [-0.2, 0) is 5.66 Å². The standard InChI is InChI=1S/C43H29N3O2/c1-26-40(34-24-23-33(31-15-5-6-16-32(31)34)30-17-9-13-28-12-3-4-14-29(28)30)27(2)46-43-41-35(45(26)46)18-10-19-36(41)47-37-20-11-21-38(42(37)43)48-39-22-7-8-25-44(39)43/h3-25H,1-2H3/q+2. The summed E-state index contributed by atoms with van der Waals surface area (Å²) in [5, 5.41) is 4.99. The van der Waals surface area contributed by atoms with Gasteiger partial charge in [-0.25, -0.2) is 0 Å². The van der Waals surface area contributed by atoms with Crippen molar-refractivity contribution in [1.82, 2.24) is 4.68 Å². The highest BCUT2D eigenvalue weighted by atomic mass is 16.5. The summed E-state index contributed by atoms with van der Waals surface area (Å²) in [5.41, 5.74) is 9.81. The van der Waals surface area contributed by atoms with Crippen molar-refractivity contribution in [2.75, 3.05) is 0 Å². The van der Waals surface area contributed by atoms with Gasteiger partial charge in [0, 0.05) is 13.0 Å². The summed E-state index contributed by atoms with van der Waals surface area (Å²) >= 11 is 0. The molecule has 3 aliphatic rings. The second-order valence-corrected chi connectivity index (χ2v) is 13.0. The van der Waals surface area contributed by atoms with Gasteiger partial charge in [0.25, 0.3) is 0 Å². The third-order valence-electron chi connectivity index (χ3n) is 10.7. The summed E-state index contributed by atoms with van der Waals surface area (Å²) in [7, 11) is 0. The molecule has 5 heterocycles. The van der Waals surface area contributed by atoms with Crippen LogP contribution < -0.4 is 18.7 Å². The maximum absolute atomic E-state index is 6.64. The lowest BCUT2D eigenvalue weighted by molar-refractivity contribution is -0.999. The summed E-state index contributed by atoms with van der Waals surface area (Å²) in [5.74, 6) is 3.27. The zero-order chi connectivity index (χ0) is 31.7. The average Bonchev–Trinajstić information content (AvgIpc) is 3.58.